The Bertz CT molecular complexity index is 585. The third-order valence-corrected chi connectivity index (χ3v) is 5.01. The van der Waals surface area contributed by atoms with E-state index in [0.29, 0.717) is 11.8 Å². The van der Waals surface area contributed by atoms with E-state index in [-0.39, 0.29) is 17.9 Å². The Morgan fingerprint density at radius 1 is 1.16 bits per heavy atom. The maximum atomic E-state index is 12.8. The lowest BCUT2D eigenvalue weighted by Gasteiger charge is -2.25. The molecule has 1 aliphatic heterocycles. The molecule has 1 aliphatic rings. The maximum absolute atomic E-state index is 12.8. The van der Waals surface area contributed by atoms with Crippen LogP contribution in [-0.2, 0) is 0 Å². The first kappa shape index (κ1) is 19.7. The fourth-order valence-corrected chi connectivity index (χ4v) is 3.58. The molecule has 0 bridgehead atoms. The molecule has 2 atom stereocenters. The number of hydrogen-bond donors (Lipinski definition) is 1. The molecule has 0 saturated carbocycles. The number of carbonyl (C=O) groups is 1. The van der Waals surface area contributed by atoms with Gasteiger partial charge in [-0.2, -0.15) is 0 Å². The van der Waals surface area contributed by atoms with Gasteiger partial charge in [0, 0.05) is 24.6 Å². The second-order valence-electron chi connectivity index (χ2n) is 7.96. The summed E-state index contributed by atoms with van der Waals surface area (Å²) in [5.74, 6) is 1.04. The first-order valence-electron chi connectivity index (χ1n) is 9.64. The molecule has 3 nitrogen and oxygen atoms in total. The van der Waals surface area contributed by atoms with E-state index in [4.69, 9.17) is 0 Å². The van der Waals surface area contributed by atoms with Crippen molar-refractivity contribution < 1.29 is 9.90 Å². The van der Waals surface area contributed by atoms with Crippen molar-refractivity contribution in [2.24, 2.45) is 17.8 Å². The lowest BCUT2D eigenvalue weighted by Crippen LogP contribution is -2.28. The van der Waals surface area contributed by atoms with E-state index in [9.17, 15) is 9.90 Å². The van der Waals surface area contributed by atoms with Gasteiger partial charge in [-0.1, -0.05) is 58.0 Å². The quantitative estimate of drug-likeness (QED) is 0.785. The van der Waals surface area contributed by atoms with Crippen molar-refractivity contribution in [1.29, 1.82) is 0 Å². The minimum atomic E-state index is -0.349. The van der Waals surface area contributed by atoms with E-state index in [1.807, 2.05) is 35.2 Å². The molecule has 1 N–H and O–H groups in total. The van der Waals surface area contributed by atoms with Gasteiger partial charge in [0.1, 0.15) is 0 Å². The van der Waals surface area contributed by atoms with E-state index in [0.717, 1.165) is 43.5 Å². The number of benzene rings is 1. The van der Waals surface area contributed by atoms with Crippen molar-refractivity contribution in [2.45, 2.75) is 53.1 Å². The van der Waals surface area contributed by atoms with Crippen LogP contribution >= 0.6 is 0 Å². The summed E-state index contributed by atoms with van der Waals surface area (Å²) in [5.41, 5.74) is 1.71. The molecule has 138 valence electrons. The zero-order chi connectivity index (χ0) is 18.4. The van der Waals surface area contributed by atoms with E-state index >= 15 is 0 Å². The SMILES string of the molecule is CC(C)C[C@@H](O)[C@@H](/C=C/c1ccccc1C(=O)N1CCCC1)C(C)C. The number of likely N-dealkylation sites (tertiary alicyclic amines) is 1. The third-order valence-electron chi connectivity index (χ3n) is 5.01. The zero-order valence-electron chi connectivity index (χ0n) is 16.1. The first-order chi connectivity index (χ1) is 11.9. The molecule has 1 aromatic carbocycles. The normalized spacial score (nSPS) is 17.6. The highest BCUT2D eigenvalue weighted by Gasteiger charge is 2.23. The largest absolute Gasteiger partial charge is 0.392 e. The fraction of sp³-hybridized carbons (Fsp3) is 0.591. The summed E-state index contributed by atoms with van der Waals surface area (Å²) in [7, 11) is 0. The minimum Gasteiger partial charge on any atom is -0.392 e. The highest BCUT2D eigenvalue weighted by Crippen LogP contribution is 2.24. The molecule has 0 aliphatic carbocycles. The van der Waals surface area contributed by atoms with Crippen LogP contribution < -0.4 is 0 Å². The molecule has 2 rings (SSSR count). The van der Waals surface area contributed by atoms with E-state index in [1.165, 1.54) is 0 Å². The van der Waals surface area contributed by atoms with E-state index in [1.54, 1.807) is 0 Å². The van der Waals surface area contributed by atoms with Gasteiger partial charge in [0.15, 0.2) is 0 Å². The van der Waals surface area contributed by atoms with Gasteiger partial charge in [-0.15, -0.1) is 0 Å². The molecule has 0 unspecified atom stereocenters. The van der Waals surface area contributed by atoms with Crippen LogP contribution in [-0.4, -0.2) is 35.1 Å². The van der Waals surface area contributed by atoms with E-state index in [2.05, 4.69) is 33.8 Å². The number of aliphatic hydroxyl groups is 1. The Labute approximate surface area is 152 Å². The molecule has 3 heteroatoms. The molecular formula is C22H33NO2. The van der Waals surface area contributed by atoms with Gasteiger partial charge in [0.25, 0.3) is 5.91 Å². The minimum absolute atomic E-state index is 0.0948. The number of aliphatic hydroxyl groups excluding tert-OH is 1. The van der Waals surface area contributed by atoms with Crippen LogP contribution in [0.1, 0.15) is 62.9 Å². The maximum Gasteiger partial charge on any atom is 0.254 e. The molecule has 0 spiro atoms. The van der Waals surface area contributed by atoms with Crippen molar-refractivity contribution in [2.75, 3.05) is 13.1 Å². The molecule has 1 aromatic rings. The summed E-state index contributed by atoms with van der Waals surface area (Å²) in [6.07, 6.45) is 6.76. The Morgan fingerprint density at radius 2 is 1.80 bits per heavy atom. The van der Waals surface area contributed by atoms with E-state index < -0.39 is 0 Å². The topological polar surface area (TPSA) is 40.5 Å². The number of carbonyl (C=O) groups excluding carboxylic acids is 1. The van der Waals surface area contributed by atoms with Gasteiger partial charge >= 0.3 is 0 Å². The monoisotopic (exact) mass is 343 g/mol. The molecule has 0 aromatic heterocycles. The standard InChI is InChI=1S/C22H33NO2/c1-16(2)15-21(24)19(17(3)4)12-11-18-9-5-6-10-20(18)22(25)23-13-7-8-14-23/h5-6,9-12,16-17,19,21,24H,7-8,13-15H2,1-4H3/b12-11+/t19-,21+/m0/s1. The Balaban J connectivity index is 2.20. The molecule has 1 fully saturated rings. The predicted octanol–water partition coefficient (Wildman–Crippen LogP) is 4.62. The van der Waals surface area contributed by atoms with Crippen molar-refractivity contribution in [3.05, 3.63) is 41.5 Å². The highest BCUT2D eigenvalue weighted by atomic mass is 16.3. The molecule has 1 saturated heterocycles. The highest BCUT2D eigenvalue weighted by molar-refractivity contribution is 5.97. The average molecular weight is 344 g/mol. The van der Waals surface area contributed by atoms with Crippen LogP contribution in [0.25, 0.3) is 6.08 Å². The second kappa shape index (κ2) is 9.19. The van der Waals surface area contributed by atoms with Crippen molar-refractivity contribution in [3.63, 3.8) is 0 Å². The third kappa shape index (κ3) is 5.43. The molecule has 0 radical (unpaired) electrons. The van der Waals surface area contributed by atoms with Gasteiger partial charge in [-0.25, -0.2) is 0 Å². The second-order valence-corrected chi connectivity index (χ2v) is 7.96. The fourth-order valence-electron chi connectivity index (χ4n) is 3.58. The summed E-state index contributed by atoms with van der Waals surface area (Å²) in [5, 5.41) is 10.6. The zero-order valence-corrected chi connectivity index (χ0v) is 16.1. The van der Waals surface area contributed by atoms with Gasteiger partial charge in [-0.05, 0) is 42.7 Å². The van der Waals surface area contributed by atoms with Crippen LogP contribution in [0.2, 0.25) is 0 Å². The lowest BCUT2D eigenvalue weighted by molar-refractivity contribution is 0.0792. The molecule has 25 heavy (non-hydrogen) atoms. The predicted molar refractivity (Wildman–Crippen MR) is 104 cm³/mol. The Morgan fingerprint density at radius 3 is 2.40 bits per heavy atom. The van der Waals surface area contributed by atoms with Crippen LogP contribution in [0.3, 0.4) is 0 Å². The van der Waals surface area contributed by atoms with Gasteiger partial charge in [0.05, 0.1) is 6.10 Å². The van der Waals surface area contributed by atoms with Gasteiger partial charge in [0.2, 0.25) is 0 Å². The molecular weight excluding hydrogens is 310 g/mol. The number of amides is 1. The molecule has 1 heterocycles. The molecule has 1 amide bonds. The van der Waals surface area contributed by atoms with Crippen molar-refractivity contribution in [3.8, 4) is 0 Å². The summed E-state index contributed by atoms with van der Waals surface area (Å²) >= 11 is 0. The number of rotatable bonds is 7. The summed E-state index contributed by atoms with van der Waals surface area (Å²) < 4.78 is 0. The summed E-state index contributed by atoms with van der Waals surface area (Å²) in [6.45, 7) is 10.3. The first-order valence-corrected chi connectivity index (χ1v) is 9.64. The smallest absolute Gasteiger partial charge is 0.254 e. The average Bonchev–Trinajstić information content (AvgIpc) is 3.08. The van der Waals surface area contributed by atoms with Crippen LogP contribution in [0.15, 0.2) is 30.3 Å². The number of nitrogens with zero attached hydrogens (tertiary/aromatic N) is 1. The summed E-state index contributed by atoms with van der Waals surface area (Å²) in [6, 6.07) is 7.80. The van der Waals surface area contributed by atoms with Crippen LogP contribution in [0.5, 0.6) is 0 Å². The number of hydrogen-bond acceptors (Lipinski definition) is 2. The van der Waals surface area contributed by atoms with Gasteiger partial charge < -0.3 is 10.0 Å². The van der Waals surface area contributed by atoms with Crippen LogP contribution in [0, 0.1) is 17.8 Å². The van der Waals surface area contributed by atoms with Crippen molar-refractivity contribution in [1.82, 2.24) is 4.90 Å². The Kier molecular flexibility index (Phi) is 7.24. The van der Waals surface area contributed by atoms with Crippen LogP contribution in [0.4, 0.5) is 0 Å². The summed E-state index contributed by atoms with van der Waals surface area (Å²) in [4.78, 5) is 14.7. The lowest BCUT2D eigenvalue weighted by atomic mass is 9.85. The van der Waals surface area contributed by atoms with Gasteiger partial charge in [-0.3, -0.25) is 4.79 Å². The Hall–Kier alpha value is -1.61. The van der Waals surface area contributed by atoms with Crippen molar-refractivity contribution >= 4 is 12.0 Å².